The fourth-order valence-corrected chi connectivity index (χ4v) is 4.11. The quantitative estimate of drug-likeness (QED) is 0.790. The maximum atomic E-state index is 12.7. The van der Waals surface area contributed by atoms with Crippen molar-refractivity contribution in [1.82, 2.24) is 4.90 Å². The number of rotatable bonds is 3. The molecule has 0 aliphatic carbocycles. The van der Waals surface area contributed by atoms with Crippen LogP contribution in [-0.2, 0) is 11.3 Å². The van der Waals surface area contributed by atoms with Gasteiger partial charge in [0.25, 0.3) is 0 Å². The van der Waals surface area contributed by atoms with Gasteiger partial charge in [0.2, 0.25) is 0 Å². The number of aryl methyl sites for hydroxylation is 1. The third-order valence-electron chi connectivity index (χ3n) is 5.53. The molecule has 2 unspecified atom stereocenters. The molecule has 0 saturated carbocycles. The van der Waals surface area contributed by atoms with Crippen molar-refractivity contribution in [3.63, 3.8) is 0 Å². The van der Waals surface area contributed by atoms with Crippen LogP contribution in [0.3, 0.4) is 0 Å². The molecule has 0 spiro atoms. The summed E-state index contributed by atoms with van der Waals surface area (Å²) in [6.07, 6.45) is 4.79. The van der Waals surface area contributed by atoms with Crippen LogP contribution in [0, 0.1) is 18.3 Å². The van der Waals surface area contributed by atoms with Gasteiger partial charge in [0, 0.05) is 6.04 Å². The lowest BCUT2D eigenvalue weighted by Gasteiger charge is -2.33. The van der Waals surface area contributed by atoms with Gasteiger partial charge in [0.15, 0.2) is 0 Å². The lowest BCUT2D eigenvalue weighted by molar-refractivity contribution is 0.0832. The van der Waals surface area contributed by atoms with Gasteiger partial charge in [-0.2, -0.15) is 5.26 Å². The highest BCUT2D eigenvalue weighted by Gasteiger charge is 2.40. The molecule has 4 nitrogen and oxygen atoms in total. The average molecular weight is 358 g/mol. The molecule has 0 aromatic heterocycles. The highest BCUT2D eigenvalue weighted by molar-refractivity contribution is 5.75. The second kappa shape index (κ2) is 7.28. The van der Waals surface area contributed by atoms with E-state index < -0.39 is 0 Å². The van der Waals surface area contributed by atoms with Crippen molar-refractivity contribution in [2.24, 2.45) is 0 Å². The Kier molecular flexibility index (Phi) is 4.68. The molecule has 2 aromatic carbocycles. The van der Waals surface area contributed by atoms with Crippen LogP contribution in [0.5, 0.6) is 0 Å². The van der Waals surface area contributed by atoms with Gasteiger partial charge in [-0.3, -0.25) is 4.90 Å². The molecule has 27 heavy (non-hydrogen) atoms. The van der Waals surface area contributed by atoms with Crippen molar-refractivity contribution in [3.05, 3.63) is 76.9 Å². The summed E-state index contributed by atoms with van der Waals surface area (Å²) in [5.41, 5.74) is 5.12. The summed E-state index contributed by atoms with van der Waals surface area (Å²) in [6, 6.07) is 18.2. The number of nitrogens with zero attached hydrogens (tertiary/aromatic N) is 2. The van der Waals surface area contributed by atoms with Crippen LogP contribution in [-0.4, -0.2) is 23.1 Å². The second-order valence-corrected chi connectivity index (χ2v) is 7.28. The lowest BCUT2D eigenvalue weighted by Crippen LogP contribution is -2.43. The van der Waals surface area contributed by atoms with Gasteiger partial charge in [-0.05, 0) is 54.5 Å². The van der Waals surface area contributed by atoms with E-state index in [1.54, 1.807) is 0 Å². The molecule has 136 valence electrons. The number of hydrogen-bond donors (Lipinski definition) is 0. The molecule has 2 atom stereocenters. The summed E-state index contributed by atoms with van der Waals surface area (Å²) < 4.78 is 5.56. The van der Waals surface area contributed by atoms with Gasteiger partial charge in [0.05, 0.1) is 17.7 Å². The molecule has 2 bridgehead atoms. The van der Waals surface area contributed by atoms with Crippen molar-refractivity contribution < 1.29 is 9.53 Å². The Labute approximate surface area is 159 Å². The highest BCUT2D eigenvalue weighted by Crippen LogP contribution is 2.39. The van der Waals surface area contributed by atoms with Gasteiger partial charge >= 0.3 is 6.09 Å². The summed E-state index contributed by atoms with van der Waals surface area (Å²) in [6.45, 7) is 2.27. The molecule has 1 fully saturated rings. The average Bonchev–Trinajstić information content (AvgIpc) is 2.96. The van der Waals surface area contributed by atoms with E-state index in [0.717, 1.165) is 36.0 Å². The van der Waals surface area contributed by atoms with Crippen LogP contribution in [0.25, 0.3) is 5.57 Å². The molecule has 0 radical (unpaired) electrons. The topological polar surface area (TPSA) is 53.3 Å². The normalized spacial score (nSPS) is 20.7. The standard InChI is InChI=1S/C23H22N2O2/c1-16-11-18(7-8-19(16)14-24)20-12-21-9-10-22(13-20)25(21)23(26)27-15-17-5-3-2-4-6-17/h2-8,11-12,21-22H,9-10,13,15H2,1H3. The number of hydrogen-bond acceptors (Lipinski definition) is 3. The molecule has 2 aromatic rings. The Bertz CT molecular complexity index is 927. The minimum absolute atomic E-state index is 0.0953. The van der Waals surface area contributed by atoms with E-state index in [-0.39, 0.29) is 18.2 Å². The van der Waals surface area contributed by atoms with Crippen LogP contribution < -0.4 is 0 Å². The molecule has 2 aliphatic rings. The van der Waals surface area contributed by atoms with Gasteiger partial charge in [-0.1, -0.05) is 48.5 Å². The molecule has 1 amide bonds. The molecule has 0 N–H and O–H groups in total. The number of carbonyl (C=O) groups is 1. The third-order valence-corrected chi connectivity index (χ3v) is 5.53. The van der Waals surface area contributed by atoms with Gasteiger partial charge in [0.1, 0.15) is 6.61 Å². The summed E-state index contributed by atoms with van der Waals surface area (Å²) in [7, 11) is 0. The summed E-state index contributed by atoms with van der Waals surface area (Å²) in [5.74, 6) is 0. The monoisotopic (exact) mass is 358 g/mol. The highest BCUT2D eigenvalue weighted by atomic mass is 16.6. The second-order valence-electron chi connectivity index (χ2n) is 7.28. The van der Waals surface area contributed by atoms with E-state index in [2.05, 4.69) is 18.2 Å². The first-order valence-corrected chi connectivity index (χ1v) is 9.36. The zero-order valence-corrected chi connectivity index (χ0v) is 15.4. The molecule has 4 rings (SSSR count). The predicted molar refractivity (Wildman–Crippen MR) is 104 cm³/mol. The van der Waals surface area contributed by atoms with E-state index in [1.807, 2.05) is 54.3 Å². The number of ether oxygens (including phenoxy) is 1. The van der Waals surface area contributed by atoms with Crippen molar-refractivity contribution in [2.75, 3.05) is 0 Å². The Balaban J connectivity index is 1.48. The van der Waals surface area contributed by atoms with Crippen LogP contribution in [0.2, 0.25) is 0 Å². The van der Waals surface area contributed by atoms with Gasteiger partial charge < -0.3 is 4.74 Å². The Morgan fingerprint density at radius 2 is 2.04 bits per heavy atom. The first kappa shape index (κ1) is 17.4. The number of fused-ring (bicyclic) bond motifs is 2. The van der Waals surface area contributed by atoms with Crippen molar-refractivity contribution in [1.29, 1.82) is 5.26 Å². The number of nitriles is 1. The smallest absolute Gasteiger partial charge is 0.410 e. The maximum Gasteiger partial charge on any atom is 0.410 e. The SMILES string of the molecule is Cc1cc(C2=CC3CCC(C2)N3C(=O)OCc2ccccc2)ccc1C#N. The molecule has 2 heterocycles. The number of amides is 1. The zero-order chi connectivity index (χ0) is 18.8. The Morgan fingerprint density at radius 1 is 1.22 bits per heavy atom. The molecular formula is C23H22N2O2. The Hall–Kier alpha value is -3.06. The minimum atomic E-state index is -0.224. The molecule has 2 aliphatic heterocycles. The molecule has 4 heteroatoms. The van der Waals surface area contributed by atoms with E-state index in [1.165, 1.54) is 5.57 Å². The van der Waals surface area contributed by atoms with Gasteiger partial charge in [-0.15, -0.1) is 0 Å². The third kappa shape index (κ3) is 3.46. The fourth-order valence-electron chi connectivity index (χ4n) is 4.11. The molecular weight excluding hydrogens is 336 g/mol. The maximum absolute atomic E-state index is 12.7. The first-order valence-electron chi connectivity index (χ1n) is 9.36. The van der Waals surface area contributed by atoms with Crippen LogP contribution >= 0.6 is 0 Å². The van der Waals surface area contributed by atoms with Crippen LogP contribution in [0.1, 0.15) is 41.5 Å². The number of carbonyl (C=O) groups excluding carboxylic acids is 1. The zero-order valence-electron chi connectivity index (χ0n) is 15.4. The van der Waals surface area contributed by atoms with Crippen LogP contribution in [0.15, 0.2) is 54.6 Å². The molecule has 1 saturated heterocycles. The van der Waals surface area contributed by atoms with E-state index >= 15 is 0 Å². The largest absolute Gasteiger partial charge is 0.445 e. The van der Waals surface area contributed by atoms with Crippen molar-refractivity contribution in [2.45, 2.75) is 44.9 Å². The number of benzene rings is 2. The summed E-state index contributed by atoms with van der Waals surface area (Å²) >= 11 is 0. The summed E-state index contributed by atoms with van der Waals surface area (Å²) in [4.78, 5) is 14.6. The van der Waals surface area contributed by atoms with E-state index in [4.69, 9.17) is 10.00 Å². The van der Waals surface area contributed by atoms with E-state index in [0.29, 0.717) is 12.2 Å². The first-order chi connectivity index (χ1) is 13.2. The van der Waals surface area contributed by atoms with Gasteiger partial charge in [-0.25, -0.2) is 4.79 Å². The lowest BCUT2D eigenvalue weighted by atomic mass is 9.93. The predicted octanol–water partition coefficient (Wildman–Crippen LogP) is 4.82. The summed E-state index contributed by atoms with van der Waals surface area (Å²) in [5, 5.41) is 9.12. The van der Waals surface area contributed by atoms with Crippen LogP contribution in [0.4, 0.5) is 4.79 Å². The van der Waals surface area contributed by atoms with E-state index in [9.17, 15) is 4.79 Å². The van der Waals surface area contributed by atoms with Crippen molar-refractivity contribution >= 4 is 11.7 Å². The Morgan fingerprint density at radius 3 is 2.74 bits per heavy atom. The van der Waals surface area contributed by atoms with Crippen molar-refractivity contribution in [3.8, 4) is 6.07 Å². The minimum Gasteiger partial charge on any atom is -0.445 e. The fraction of sp³-hybridized carbons (Fsp3) is 0.304.